The fraction of sp³-hybridized carbons (Fsp3) is 0.478. The number of H-pyrrole nitrogens is 1. The first-order valence-electron chi connectivity index (χ1n) is 11.2. The van der Waals surface area contributed by atoms with Gasteiger partial charge in [-0.3, -0.25) is 14.4 Å². The van der Waals surface area contributed by atoms with Crippen LogP contribution in [0.5, 0.6) is 0 Å². The van der Waals surface area contributed by atoms with Gasteiger partial charge in [0, 0.05) is 23.3 Å². The molecule has 1 spiro atoms. The lowest BCUT2D eigenvalue weighted by atomic mass is 9.71. The number of nitrogens with zero attached hydrogens (tertiary/aromatic N) is 3. The Morgan fingerprint density at radius 2 is 1.97 bits per heavy atom. The molecule has 1 aliphatic carbocycles. The maximum Gasteiger partial charge on any atom is 0.272 e. The summed E-state index contributed by atoms with van der Waals surface area (Å²) < 4.78 is 13.1. The lowest BCUT2D eigenvalue weighted by Crippen LogP contribution is -2.52. The molecular weight excluding hydrogens is 449 g/mol. The first kappa shape index (κ1) is 21.9. The molecular formula is C23H25ClFN5O3. The lowest BCUT2D eigenvalue weighted by molar-refractivity contribution is -0.127. The van der Waals surface area contributed by atoms with Gasteiger partial charge in [-0.2, -0.15) is 0 Å². The first-order valence-corrected chi connectivity index (χ1v) is 11.6. The van der Waals surface area contributed by atoms with E-state index in [1.807, 2.05) is 17.0 Å². The summed E-state index contributed by atoms with van der Waals surface area (Å²) in [5.41, 5.74) is 0.510. The highest BCUT2D eigenvalue weighted by atomic mass is 35.5. The molecule has 3 amide bonds. The molecule has 1 aromatic heterocycles. The van der Waals surface area contributed by atoms with E-state index in [0.29, 0.717) is 37.3 Å². The van der Waals surface area contributed by atoms with Crippen molar-refractivity contribution in [1.29, 1.82) is 0 Å². The molecule has 2 aliphatic heterocycles. The van der Waals surface area contributed by atoms with E-state index in [0.717, 1.165) is 12.1 Å². The summed E-state index contributed by atoms with van der Waals surface area (Å²) in [7, 11) is 0. The zero-order valence-electron chi connectivity index (χ0n) is 18.0. The molecule has 5 rings (SSSR count). The third kappa shape index (κ3) is 3.99. The topological polar surface area (TPSA) is 98.4 Å². The third-order valence-electron chi connectivity index (χ3n) is 7.10. The minimum absolute atomic E-state index is 0.0201. The van der Waals surface area contributed by atoms with Crippen LogP contribution in [0.1, 0.15) is 53.1 Å². The van der Waals surface area contributed by atoms with Gasteiger partial charge in [0.15, 0.2) is 5.69 Å². The van der Waals surface area contributed by atoms with E-state index in [9.17, 15) is 18.8 Å². The van der Waals surface area contributed by atoms with Crippen LogP contribution in [-0.2, 0) is 4.79 Å². The Bertz CT molecular complexity index is 1090. The van der Waals surface area contributed by atoms with E-state index >= 15 is 0 Å². The van der Waals surface area contributed by atoms with E-state index in [1.54, 1.807) is 12.1 Å². The summed E-state index contributed by atoms with van der Waals surface area (Å²) in [6, 6.07) is 7.23. The van der Waals surface area contributed by atoms with Crippen LogP contribution in [0, 0.1) is 5.41 Å². The van der Waals surface area contributed by atoms with Crippen molar-refractivity contribution in [1.82, 2.24) is 20.2 Å². The molecule has 0 atom stereocenters. The summed E-state index contributed by atoms with van der Waals surface area (Å²) in [4.78, 5) is 48.4. The van der Waals surface area contributed by atoms with E-state index in [2.05, 4.69) is 15.3 Å². The van der Waals surface area contributed by atoms with E-state index in [1.165, 1.54) is 11.2 Å². The van der Waals surface area contributed by atoms with Crippen molar-refractivity contribution >= 4 is 35.0 Å². The second-order valence-corrected chi connectivity index (χ2v) is 9.58. The molecule has 0 radical (unpaired) electrons. The average molecular weight is 474 g/mol. The van der Waals surface area contributed by atoms with Gasteiger partial charge in [0.1, 0.15) is 11.9 Å². The van der Waals surface area contributed by atoms with Gasteiger partial charge in [-0.05, 0) is 50.3 Å². The molecule has 33 heavy (non-hydrogen) atoms. The molecule has 2 saturated heterocycles. The molecule has 8 nitrogen and oxygen atoms in total. The van der Waals surface area contributed by atoms with E-state index in [-0.39, 0.29) is 36.4 Å². The molecule has 2 N–H and O–H groups in total. The number of aromatic nitrogens is 2. The first-order chi connectivity index (χ1) is 15.9. The van der Waals surface area contributed by atoms with Gasteiger partial charge < -0.3 is 20.1 Å². The minimum atomic E-state index is -1.02. The number of imidazole rings is 1. The molecule has 3 aliphatic rings. The summed E-state index contributed by atoms with van der Waals surface area (Å²) in [5, 5.41) is 3.56. The Kier molecular flexibility index (Phi) is 5.60. The lowest BCUT2D eigenvalue weighted by Gasteiger charge is -2.36. The Morgan fingerprint density at radius 1 is 1.21 bits per heavy atom. The summed E-state index contributed by atoms with van der Waals surface area (Å²) in [6.07, 6.45) is 3.78. The van der Waals surface area contributed by atoms with Gasteiger partial charge in [-0.1, -0.05) is 17.7 Å². The largest absolute Gasteiger partial charge is 0.348 e. The number of hydrogen-bond donors (Lipinski definition) is 2. The summed E-state index contributed by atoms with van der Waals surface area (Å²) in [5.74, 6) is -0.738. The number of carbonyl (C=O) groups is 3. The number of benzene rings is 1. The fourth-order valence-corrected chi connectivity index (χ4v) is 5.31. The van der Waals surface area contributed by atoms with Crippen LogP contribution in [0.4, 0.5) is 10.1 Å². The van der Waals surface area contributed by atoms with Gasteiger partial charge in [0.25, 0.3) is 11.8 Å². The molecule has 0 unspecified atom stereocenters. The number of likely N-dealkylation sites (tertiary alicyclic amines) is 1. The van der Waals surface area contributed by atoms with Crippen molar-refractivity contribution in [3.63, 3.8) is 0 Å². The third-order valence-corrected chi connectivity index (χ3v) is 7.34. The molecule has 1 saturated carbocycles. The highest BCUT2D eigenvalue weighted by Gasteiger charge is 2.49. The van der Waals surface area contributed by atoms with Crippen LogP contribution >= 0.6 is 11.6 Å². The number of carbonyl (C=O) groups excluding carboxylic acids is 3. The van der Waals surface area contributed by atoms with Crippen molar-refractivity contribution in [2.75, 3.05) is 24.5 Å². The number of hydrogen-bond acceptors (Lipinski definition) is 4. The molecule has 3 fully saturated rings. The van der Waals surface area contributed by atoms with Crippen LogP contribution in [0.2, 0.25) is 5.02 Å². The Hall–Kier alpha value is -2.94. The molecule has 2 aromatic rings. The van der Waals surface area contributed by atoms with Gasteiger partial charge in [0.05, 0.1) is 24.8 Å². The van der Waals surface area contributed by atoms with Gasteiger partial charge in [-0.25, -0.2) is 9.37 Å². The predicted molar refractivity (Wildman–Crippen MR) is 120 cm³/mol. The molecule has 1 aromatic carbocycles. The monoisotopic (exact) mass is 473 g/mol. The normalized spacial score (nSPS) is 25.4. The standard InChI is InChI=1S/C23H25ClFN5O3/c24-14-2-1-3-17(10-14)30-9-8-23(22(30)33)6-4-16(5-7-23)28-20(31)18-19(27-13-26-18)21(32)29-11-15(25)12-29/h1-3,10,13,15-16H,4-9,11-12H2,(H,26,27)(H,28,31). The van der Waals surface area contributed by atoms with Crippen molar-refractivity contribution in [3.05, 3.63) is 47.0 Å². The van der Waals surface area contributed by atoms with Crippen molar-refractivity contribution < 1.29 is 18.8 Å². The summed E-state index contributed by atoms with van der Waals surface area (Å²) in [6.45, 7) is 0.721. The Morgan fingerprint density at radius 3 is 2.67 bits per heavy atom. The second kappa shape index (κ2) is 8.44. The second-order valence-electron chi connectivity index (χ2n) is 9.15. The van der Waals surface area contributed by atoms with Crippen molar-refractivity contribution in [3.8, 4) is 0 Å². The zero-order valence-corrected chi connectivity index (χ0v) is 18.8. The fourth-order valence-electron chi connectivity index (χ4n) is 5.12. The molecule has 174 valence electrons. The predicted octanol–water partition coefficient (Wildman–Crippen LogP) is 2.95. The van der Waals surface area contributed by atoms with Gasteiger partial charge >= 0.3 is 0 Å². The van der Waals surface area contributed by atoms with E-state index < -0.39 is 23.4 Å². The quantitative estimate of drug-likeness (QED) is 0.713. The number of alkyl halides is 1. The molecule has 0 bridgehead atoms. The molecule has 10 heteroatoms. The van der Waals surface area contributed by atoms with Crippen LogP contribution in [0.15, 0.2) is 30.6 Å². The SMILES string of the molecule is O=C(NC1CCC2(CC1)CCN(c1cccc(Cl)c1)C2=O)c1nc[nH]c1C(=O)N1CC(F)C1. The smallest absolute Gasteiger partial charge is 0.272 e. The highest BCUT2D eigenvalue weighted by molar-refractivity contribution is 6.31. The van der Waals surface area contributed by atoms with Crippen LogP contribution < -0.4 is 10.2 Å². The Balaban J connectivity index is 1.20. The average Bonchev–Trinajstić information content (AvgIpc) is 3.39. The van der Waals surface area contributed by atoms with Gasteiger partial charge in [-0.15, -0.1) is 0 Å². The van der Waals surface area contributed by atoms with Crippen LogP contribution in [0.3, 0.4) is 0 Å². The number of anilines is 1. The number of rotatable bonds is 4. The van der Waals surface area contributed by atoms with Gasteiger partial charge in [0.2, 0.25) is 5.91 Å². The Labute approximate surface area is 195 Å². The highest BCUT2D eigenvalue weighted by Crippen LogP contribution is 2.46. The maximum atomic E-state index is 13.3. The number of nitrogens with one attached hydrogen (secondary N) is 2. The molecule has 3 heterocycles. The maximum absolute atomic E-state index is 13.3. The zero-order chi connectivity index (χ0) is 23.2. The van der Waals surface area contributed by atoms with E-state index in [4.69, 9.17) is 11.6 Å². The number of aromatic amines is 1. The van der Waals surface area contributed by atoms with Crippen molar-refractivity contribution in [2.24, 2.45) is 5.41 Å². The minimum Gasteiger partial charge on any atom is -0.348 e. The number of halogens is 2. The van der Waals surface area contributed by atoms with Crippen molar-refractivity contribution in [2.45, 2.75) is 44.3 Å². The summed E-state index contributed by atoms with van der Waals surface area (Å²) >= 11 is 6.10. The van der Waals surface area contributed by atoms with Crippen LogP contribution in [0.25, 0.3) is 0 Å². The van der Waals surface area contributed by atoms with Crippen LogP contribution in [-0.4, -0.2) is 64.4 Å². The number of amides is 3.